The van der Waals surface area contributed by atoms with Crippen LogP contribution < -0.4 is 5.32 Å². The van der Waals surface area contributed by atoms with Crippen molar-refractivity contribution >= 4 is 5.91 Å². The lowest BCUT2D eigenvalue weighted by molar-refractivity contribution is -0.125. The van der Waals surface area contributed by atoms with Gasteiger partial charge >= 0.3 is 0 Å². The van der Waals surface area contributed by atoms with Gasteiger partial charge < -0.3 is 10.4 Å². The number of amides is 1. The van der Waals surface area contributed by atoms with Gasteiger partial charge in [0, 0.05) is 11.6 Å². The van der Waals surface area contributed by atoms with Gasteiger partial charge in [-0.1, -0.05) is 13.8 Å². The van der Waals surface area contributed by atoms with Crippen LogP contribution in [0.15, 0.2) is 0 Å². The summed E-state index contributed by atoms with van der Waals surface area (Å²) in [7, 11) is 0. The molecule has 0 saturated carbocycles. The van der Waals surface area contributed by atoms with E-state index in [1.54, 1.807) is 0 Å². The Morgan fingerprint density at radius 1 is 1.50 bits per heavy atom. The monoisotopic (exact) mass is 256 g/mol. The zero-order valence-electron chi connectivity index (χ0n) is 12.2. The van der Waals surface area contributed by atoms with E-state index in [0.717, 1.165) is 25.8 Å². The summed E-state index contributed by atoms with van der Waals surface area (Å²) in [4.78, 5) is 14.1. The van der Waals surface area contributed by atoms with Gasteiger partial charge in [-0.25, -0.2) is 0 Å². The molecule has 2 N–H and O–H groups in total. The van der Waals surface area contributed by atoms with Gasteiger partial charge in [0.25, 0.3) is 0 Å². The zero-order valence-corrected chi connectivity index (χ0v) is 12.2. The van der Waals surface area contributed by atoms with Crippen LogP contribution >= 0.6 is 0 Å². The van der Waals surface area contributed by atoms with Crippen LogP contribution in [-0.4, -0.2) is 47.2 Å². The Labute approximate surface area is 111 Å². The summed E-state index contributed by atoms with van der Waals surface area (Å²) in [5.74, 6) is 0.533. The zero-order chi connectivity index (χ0) is 13.8. The van der Waals surface area contributed by atoms with Crippen LogP contribution in [0.4, 0.5) is 0 Å². The van der Waals surface area contributed by atoms with E-state index in [1.807, 2.05) is 13.8 Å². The van der Waals surface area contributed by atoms with Gasteiger partial charge in [-0.3, -0.25) is 9.69 Å². The van der Waals surface area contributed by atoms with E-state index in [2.05, 4.69) is 24.1 Å². The molecule has 106 valence electrons. The third-order valence-electron chi connectivity index (χ3n) is 4.13. The van der Waals surface area contributed by atoms with Crippen molar-refractivity contribution in [3.05, 3.63) is 0 Å². The minimum atomic E-state index is -0.146. The van der Waals surface area contributed by atoms with E-state index in [1.165, 1.54) is 0 Å². The molecule has 0 bridgehead atoms. The van der Waals surface area contributed by atoms with Gasteiger partial charge in [0.1, 0.15) is 0 Å². The first-order chi connectivity index (χ1) is 8.39. The number of hydrogen-bond donors (Lipinski definition) is 2. The number of hydrogen-bond acceptors (Lipinski definition) is 3. The van der Waals surface area contributed by atoms with E-state index in [0.29, 0.717) is 12.5 Å². The first-order valence-electron chi connectivity index (χ1n) is 7.05. The van der Waals surface area contributed by atoms with Gasteiger partial charge in [0.05, 0.1) is 13.2 Å². The first kappa shape index (κ1) is 15.4. The summed E-state index contributed by atoms with van der Waals surface area (Å²) in [5.41, 5.74) is -0.146. The number of likely N-dealkylation sites (tertiary alicyclic amines) is 1. The Morgan fingerprint density at radius 2 is 2.17 bits per heavy atom. The van der Waals surface area contributed by atoms with Crippen LogP contribution in [0.1, 0.15) is 47.0 Å². The Hall–Kier alpha value is -0.610. The third kappa shape index (κ3) is 4.25. The molecule has 0 radical (unpaired) electrons. The molecule has 1 fully saturated rings. The highest BCUT2D eigenvalue weighted by atomic mass is 16.3. The average Bonchev–Trinajstić information content (AvgIpc) is 2.28. The lowest BCUT2D eigenvalue weighted by atomic mass is 9.91. The van der Waals surface area contributed by atoms with Crippen LogP contribution in [0, 0.1) is 5.92 Å². The largest absolute Gasteiger partial charge is 0.395 e. The SMILES string of the molecule is CCC(C)(C)NC(=O)CN1CCCC(C)C1CO. The van der Waals surface area contributed by atoms with Crippen LogP contribution in [0.5, 0.6) is 0 Å². The van der Waals surface area contributed by atoms with E-state index in [9.17, 15) is 9.90 Å². The van der Waals surface area contributed by atoms with Crippen molar-refractivity contribution in [2.24, 2.45) is 5.92 Å². The van der Waals surface area contributed by atoms with Gasteiger partial charge in [-0.2, -0.15) is 0 Å². The third-order valence-corrected chi connectivity index (χ3v) is 4.13. The van der Waals surface area contributed by atoms with Crippen molar-refractivity contribution in [2.45, 2.75) is 58.5 Å². The number of carbonyl (C=O) groups excluding carboxylic acids is 1. The quantitative estimate of drug-likeness (QED) is 0.781. The minimum Gasteiger partial charge on any atom is -0.395 e. The summed E-state index contributed by atoms with van der Waals surface area (Å²) in [6, 6.07) is 0.134. The second-order valence-corrected chi connectivity index (χ2v) is 6.13. The van der Waals surface area contributed by atoms with Crippen LogP contribution in [0.2, 0.25) is 0 Å². The lowest BCUT2D eigenvalue weighted by Crippen LogP contribution is -2.53. The number of carbonyl (C=O) groups is 1. The van der Waals surface area contributed by atoms with Gasteiger partial charge in [0.15, 0.2) is 0 Å². The second-order valence-electron chi connectivity index (χ2n) is 6.13. The van der Waals surface area contributed by atoms with Crippen molar-refractivity contribution in [1.29, 1.82) is 0 Å². The van der Waals surface area contributed by atoms with E-state index < -0.39 is 0 Å². The number of nitrogens with zero attached hydrogens (tertiary/aromatic N) is 1. The number of piperidine rings is 1. The summed E-state index contributed by atoms with van der Waals surface area (Å²) in [6.07, 6.45) is 3.17. The average molecular weight is 256 g/mol. The molecule has 4 nitrogen and oxygen atoms in total. The van der Waals surface area contributed by atoms with Gasteiger partial charge in [-0.05, 0) is 45.6 Å². The molecule has 1 saturated heterocycles. The fraction of sp³-hybridized carbons (Fsp3) is 0.929. The predicted octanol–water partition coefficient (Wildman–Crippen LogP) is 1.38. The number of aliphatic hydroxyl groups excluding tert-OH is 1. The maximum Gasteiger partial charge on any atom is 0.234 e. The Balaban J connectivity index is 2.52. The molecule has 0 aromatic heterocycles. The smallest absolute Gasteiger partial charge is 0.234 e. The fourth-order valence-corrected chi connectivity index (χ4v) is 2.52. The summed E-state index contributed by atoms with van der Waals surface area (Å²) in [6.45, 7) is 9.75. The Kier molecular flexibility index (Phi) is 5.60. The molecule has 0 spiro atoms. The summed E-state index contributed by atoms with van der Waals surface area (Å²) in [5, 5.41) is 12.5. The van der Waals surface area contributed by atoms with E-state index in [4.69, 9.17) is 0 Å². The molecular weight excluding hydrogens is 228 g/mol. The van der Waals surface area contributed by atoms with Crippen molar-refractivity contribution in [3.8, 4) is 0 Å². The lowest BCUT2D eigenvalue weighted by Gasteiger charge is -2.39. The highest BCUT2D eigenvalue weighted by Gasteiger charge is 2.30. The number of aliphatic hydroxyl groups is 1. The van der Waals surface area contributed by atoms with Crippen LogP contribution in [-0.2, 0) is 4.79 Å². The highest BCUT2D eigenvalue weighted by molar-refractivity contribution is 5.78. The summed E-state index contributed by atoms with van der Waals surface area (Å²) >= 11 is 0. The molecule has 0 aromatic carbocycles. The standard InChI is InChI=1S/C14H28N2O2/c1-5-14(3,4)15-13(18)9-16-8-6-7-11(2)12(16)10-17/h11-12,17H,5-10H2,1-4H3,(H,15,18). The van der Waals surface area contributed by atoms with Crippen LogP contribution in [0.25, 0.3) is 0 Å². The molecule has 1 rings (SSSR count). The van der Waals surface area contributed by atoms with Crippen molar-refractivity contribution in [1.82, 2.24) is 10.2 Å². The molecule has 1 heterocycles. The van der Waals surface area contributed by atoms with Crippen LogP contribution in [0.3, 0.4) is 0 Å². The number of nitrogens with one attached hydrogen (secondary N) is 1. The van der Waals surface area contributed by atoms with Gasteiger partial charge in [-0.15, -0.1) is 0 Å². The molecule has 4 heteroatoms. The first-order valence-corrected chi connectivity index (χ1v) is 7.05. The van der Waals surface area contributed by atoms with Crippen molar-refractivity contribution in [2.75, 3.05) is 19.7 Å². The van der Waals surface area contributed by atoms with E-state index >= 15 is 0 Å². The normalized spacial score (nSPS) is 26.1. The molecular formula is C14H28N2O2. The predicted molar refractivity (Wildman–Crippen MR) is 73.4 cm³/mol. The maximum atomic E-state index is 12.0. The highest BCUT2D eigenvalue weighted by Crippen LogP contribution is 2.22. The fourth-order valence-electron chi connectivity index (χ4n) is 2.52. The topological polar surface area (TPSA) is 52.6 Å². The van der Waals surface area contributed by atoms with Crippen molar-refractivity contribution < 1.29 is 9.90 Å². The second kappa shape index (κ2) is 6.53. The maximum absolute atomic E-state index is 12.0. The molecule has 0 aliphatic carbocycles. The molecule has 1 aliphatic rings. The van der Waals surface area contributed by atoms with E-state index in [-0.39, 0.29) is 24.1 Å². The molecule has 1 amide bonds. The molecule has 2 atom stereocenters. The number of rotatable bonds is 5. The van der Waals surface area contributed by atoms with Gasteiger partial charge in [0.2, 0.25) is 5.91 Å². The Bertz CT molecular complexity index is 279. The van der Waals surface area contributed by atoms with Crippen molar-refractivity contribution in [3.63, 3.8) is 0 Å². The molecule has 0 aromatic rings. The minimum absolute atomic E-state index is 0.0643. The molecule has 1 aliphatic heterocycles. The molecule has 18 heavy (non-hydrogen) atoms. The summed E-state index contributed by atoms with van der Waals surface area (Å²) < 4.78 is 0. The Morgan fingerprint density at radius 3 is 2.72 bits per heavy atom. The molecule has 2 unspecified atom stereocenters.